The maximum atomic E-state index is 5.15. The first kappa shape index (κ1) is 12.9. The van der Waals surface area contributed by atoms with Gasteiger partial charge in [-0.05, 0) is 17.7 Å². The van der Waals surface area contributed by atoms with Crippen molar-refractivity contribution in [3.05, 3.63) is 53.4 Å². The molecule has 0 aliphatic carbocycles. The number of hydrogen-bond acceptors (Lipinski definition) is 3. The molecule has 1 N–H and O–H groups in total. The summed E-state index contributed by atoms with van der Waals surface area (Å²) in [5, 5.41) is 7.17. The number of nitrogens with zero attached hydrogens (tertiary/aromatic N) is 2. The van der Waals surface area contributed by atoms with E-state index < -0.39 is 0 Å². The molecule has 0 fully saturated rings. The van der Waals surface area contributed by atoms with E-state index in [1.807, 2.05) is 18.3 Å². The van der Waals surface area contributed by atoms with Gasteiger partial charge in [0.1, 0.15) is 5.75 Å². The van der Waals surface area contributed by atoms with E-state index in [0.717, 1.165) is 31.8 Å². The largest absolute Gasteiger partial charge is 0.497 e. The highest BCUT2D eigenvalue weighted by Gasteiger charge is 2.16. The van der Waals surface area contributed by atoms with Gasteiger partial charge in [-0.3, -0.25) is 10.00 Å². The Morgan fingerprint density at radius 3 is 3.00 bits per heavy atom. The molecule has 104 valence electrons. The molecule has 1 aromatic heterocycles. The van der Waals surface area contributed by atoms with Crippen LogP contribution in [0.2, 0.25) is 0 Å². The first-order valence-electron chi connectivity index (χ1n) is 6.89. The van der Waals surface area contributed by atoms with Crippen LogP contribution in [0.4, 0.5) is 0 Å². The molecule has 3 rings (SSSR count). The lowest BCUT2D eigenvalue weighted by Crippen LogP contribution is -2.30. The summed E-state index contributed by atoms with van der Waals surface area (Å²) in [4.78, 5) is 2.43. The Kier molecular flexibility index (Phi) is 3.83. The van der Waals surface area contributed by atoms with Gasteiger partial charge in [-0.25, -0.2) is 0 Å². The second-order valence-corrected chi connectivity index (χ2v) is 5.03. The number of nitrogens with one attached hydrogen (secondary N) is 1. The Balaban J connectivity index is 1.55. The fraction of sp³-hybridized carbons (Fsp3) is 0.312. The van der Waals surface area contributed by atoms with Crippen LogP contribution in [0.1, 0.15) is 16.8 Å². The lowest BCUT2D eigenvalue weighted by atomic mass is 10.1. The number of fused-ring (bicyclic) bond motifs is 1. The van der Waals surface area contributed by atoms with Crippen molar-refractivity contribution in [2.75, 3.05) is 20.2 Å². The van der Waals surface area contributed by atoms with Gasteiger partial charge in [-0.2, -0.15) is 5.10 Å². The van der Waals surface area contributed by atoms with Crippen molar-refractivity contribution in [1.29, 1.82) is 0 Å². The van der Waals surface area contributed by atoms with Crippen LogP contribution < -0.4 is 4.74 Å². The molecule has 0 saturated heterocycles. The average Bonchev–Trinajstić information content (AvgIpc) is 2.95. The van der Waals surface area contributed by atoms with Crippen molar-refractivity contribution in [3.63, 3.8) is 0 Å². The number of H-pyrrole nitrogens is 1. The van der Waals surface area contributed by atoms with Crippen LogP contribution in [-0.4, -0.2) is 35.3 Å². The van der Waals surface area contributed by atoms with E-state index in [1.54, 1.807) is 7.11 Å². The van der Waals surface area contributed by atoms with E-state index in [-0.39, 0.29) is 0 Å². The Hall–Kier alpha value is -2.07. The van der Waals surface area contributed by atoms with Gasteiger partial charge in [0.05, 0.1) is 13.3 Å². The van der Waals surface area contributed by atoms with Gasteiger partial charge in [-0.1, -0.05) is 24.3 Å². The molecule has 0 atom stereocenters. The van der Waals surface area contributed by atoms with E-state index in [9.17, 15) is 0 Å². The van der Waals surface area contributed by atoms with E-state index >= 15 is 0 Å². The van der Waals surface area contributed by atoms with E-state index in [0.29, 0.717) is 0 Å². The Morgan fingerprint density at radius 2 is 2.20 bits per heavy atom. The third kappa shape index (κ3) is 2.91. The number of hydrogen-bond donors (Lipinski definition) is 1. The van der Waals surface area contributed by atoms with Gasteiger partial charge in [0.15, 0.2) is 0 Å². The van der Waals surface area contributed by atoms with Crippen LogP contribution in [0.3, 0.4) is 0 Å². The Morgan fingerprint density at radius 1 is 1.35 bits per heavy atom. The molecule has 2 heterocycles. The Labute approximate surface area is 119 Å². The van der Waals surface area contributed by atoms with E-state index in [1.165, 1.54) is 16.8 Å². The van der Waals surface area contributed by atoms with Crippen LogP contribution in [-0.2, 0) is 13.0 Å². The SMILES string of the molecule is COc1ccc(C=CCN2CCc3[nH]ncc3C2)cc1. The molecule has 20 heavy (non-hydrogen) atoms. The normalized spacial score (nSPS) is 15.4. The molecule has 1 aliphatic heterocycles. The smallest absolute Gasteiger partial charge is 0.118 e. The summed E-state index contributed by atoms with van der Waals surface area (Å²) in [6, 6.07) is 8.11. The fourth-order valence-corrected chi connectivity index (χ4v) is 2.49. The van der Waals surface area contributed by atoms with Gasteiger partial charge in [0.25, 0.3) is 0 Å². The molecular formula is C16H19N3O. The number of benzene rings is 1. The molecular weight excluding hydrogens is 250 g/mol. The number of aromatic amines is 1. The van der Waals surface area contributed by atoms with Crippen molar-refractivity contribution < 1.29 is 4.74 Å². The molecule has 0 radical (unpaired) electrons. The Bertz CT molecular complexity index is 586. The minimum atomic E-state index is 0.894. The standard InChI is InChI=1S/C16H19N3O/c1-20-15-6-4-13(5-7-15)3-2-9-19-10-8-16-14(12-19)11-17-18-16/h2-7,11H,8-10,12H2,1H3,(H,17,18). The molecule has 0 spiro atoms. The highest BCUT2D eigenvalue weighted by molar-refractivity contribution is 5.50. The minimum Gasteiger partial charge on any atom is -0.497 e. The van der Waals surface area contributed by atoms with Crippen molar-refractivity contribution in [2.45, 2.75) is 13.0 Å². The van der Waals surface area contributed by atoms with Crippen LogP contribution in [0.15, 0.2) is 36.5 Å². The molecule has 0 bridgehead atoms. The molecule has 1 aromatic carbocycles. The zero-order chi connectivity index (χ0) is 13.8. The third-order valence-corrected chi connectivity index (χ3v) is 3.67. The van der Waals surface area contributed by atoms with Crippen LogP contribution in [0.25, 0.3) is 6.08 Å². The maximum Gasteiger partial charge on any atom is 0.118 e. The third-order valence-electron chi connectivity index (χ3n) is 3.67. The molecule has 4 heteroatoms. The number of aromatic nitrogens is 2. The predicted octanol–water partition coefficient (Wildman–Crippen LogP) is 2.49. The van der Waals surface area contributed by atoms with Gasteiger partial charge < -0.3 is 4.74 Å². The first-order valence-corrected chi connectivity index (χ1v) is 6.89. The lowest BCUT2D eigenvalue weighted by Gasteiger charge is -2.24. The molecule has 0 saturated carbocycles. The summed E-state index contributed by atoms with van der Waals surface area (Å²) in [7, 11) is 1.69. The van der Waals surface area contributed by atoms with Gasteiger partial charge >= 0.3 is 0 Å². The second-order valence-electron chi connectivity index (χ2n) is 5.03. The summed E-state index contributed by atoms with van der Waals surface area (Å²) in [6.07, 6.45) is 7.37. The number of ether oxygens (including phenoxy) is 1. The van der Waals surface area contributed by atoms with Crippen molar-refractivity contribution >= 4 is 6.08 Å². The zero-order valence-corrected chi connectivity index (χ0v) is 11.7. The van der Waals surface area contributed by atoms with E-state index in [4.69, 9.17) is 4.74 Å². The highest BCUT2D eigenvalue weighted by Crippen LogP contribution is 2.16. The van der Waals surface area contributed by atoms with Gasteiger partial charge in [0, 0.05) is 37.3 Å². The van der Waals surface area contributed by atoms with Crippen molar-refractivity contribution in [1.82, 2.24) is 15.1 Å². The first-order chi connectivity index (χ1) is 9.85. The molecule has 2 aromatic rings. The highest BCUT2D eigenvalue weighted by atomic mass is 16.5. The quantitative estimate of drug-likeness (QED) is 0.927. The van der Waals surface area contributed by atoms with E-state index in [2.05, 4.69) is 39.4 Å². The average molecular weight is 269 g/mol. The summed E-state index contributed by atoms with van der Waals surface area (Å²) >= 11 is 0. The number of rotatable bonds is 4. The number of methoxy groups -OCH3 is 1. The molecule has 1 aliphatic rings. The predicted molar refractivity (Wildman–Crippen MR) is 79.6 cm³/mol. The summed E-state index contributed by atoms with van der Waals surface area (Å²) in [6.45, 7) is 3.04. The molecule has 0 amide bonds. The summed E-state index contributed by atoms with van der Waals surface area (Å²) < 4.78 is 5.15. The fourth-order valence-electron chi connectivity index (χ4n) is 2.49. The van der Waals surface area contributed by atoms with Crippen molar-refractivity contribution in [2.24, 2.45) is 0 Å². The van der Waals surface area contributed by atoms with Gasteiger partial charge in [0.2, 0.25) is 0 Å². The topological polar surface area (TPSA) is 41.1 Å². The van der Waals surface area contributed by atoms with Crippen LogP contribution >= 0.6 is 0 Å². The summed E-state index contributed by atoms with van der Waals surface area (Å²) in [5.74, 6) is 0.894. The zero-order valence-electron chi connectivity index (χ0n) is 11.7. The second kappa shape index (κ2) is 5.92. The minimum absolute atomic E-state index is 0.894. The molecule has 4 nitrogen and oxygen atoms in total. The lowest BCUT2D eigenvalue weighted by molar-refractivity contribution is 0.281. The van der Waals surface area contributed by atoms with Crippen molar-refractivity contribution in [3.8, 4) is 5.75 Å². The van der Waals surface area contributed by atoms with Crippen LogP contribution in [0.5, 0.6) is 5.75 Å². The summed E-state index contributed by atoms with van der Waals surface area (Å²) in [5.41, 5.74) is 3.82. The van der Waals surface area contributed by atoms with Crippen LogP contribution in [0, 0.1) is 0 Å². The van der Waals surface area contributed by atoms with Gasteiger partial charge in [-0.15, -0.1) is 0 Å². The monoisotopic (exact) mass is 269 g/mol. The maximum absolute atomic E-state index is 5.15. The molecule has 0 unspecified atom stereocenters.